The Morgan fingerprint density at radius 1 is 0.788 bits per heavy atom. The van der Waals surface area contributed by atoms with Crippen LogP contribution >= 0.6 is 7.82 Å². The Balaban J connectivity index is 1.44. The lowest BCUT2D eigenvalue weighted by Gasteiger charge is -2.37. The minimum absolute atomic E-state index is 0.301. The van der Waals surface area contributed by atoms with Crippen molar-refractivity contribution >= 4 is 7.82 Å². The Kier molecular flexibility index (Phi) is 14.8. The van der Waals surface area contributed by atoms with E-state index >= 15 is 0 Å². The van der Waals surface area contributed by atoms with E-state index in [4.69, 9.17) is 9.05 Å². The predicted molar refractivity (Wildman–Crippen MR) is 138 cm³/mol. The number of likely N-dealkylation sites (tertiary alicyclic amines) is 1. The largest absolute Gasteiger partial charge is 0.472 e. The molecule has 1 saturated heterocycles. The first-order valence-corrected chi connectivity index (χ1v) is 15.9. The summed E-state index contributed by atoms with van der Waals surface area (Å²) in [5, 5.41) is 0. The third-order valence-electron chi connectivity index (χ3n) is 8.19. The Labute approximate surface area is 205 Å². The first-order valence-electron chi connectivity index (χ1n) is 14.4. The van der Waals surface area contributed by atoms with Crippen LogP contribution in [0.15, 0.2) is 0 Å². The van der Waals surface area contributed by atoms with Crippen LogP contribution < -0.4 is 0 Å². The highest BCUT2D eigenvalue weighted by atomic mass is 31.2. The monoisotopic (exact) mass is 488 g/mol. The van der Waals surface area contributed by atoms with E-state index in [2.05, 4.69) is 14.0 Å². The number of hydrogen-bond donors (Lipinski definition) is 1. The van der Waals surface area contributed by atoms with E-state index in [0.717, 1.165) is 42.9 Å². The molecule has 1 N–H and O–H groups in total. The third-order valence-corrected chi connectivity index (χ3v) is 9.17. The van der Waals surface area contributed by atoms with E-state index in [-0.39, 0.29) is 0 Å². The Morgan fingerprint density at radius 2 is 1.33 bits per heavy atom. The van der Waals surface area contributed by atoms with Gasteiger partial charge in [0.05, 0.1) is 26.7 Å². The Bertz CT molecular complexity index is 530. The van der Waals surface area contributed by atoms with E-state index in [1.807, 2.05) is 0 Å². The van der Waals surface area contributed by atoms with Crippen molar-refractivity contribution in [2.45, 2.75) is 122 Å². The second-order valence-electron chi connectivity index (χ2n) is 11.3. The number of likely N-dealkylation sites (N-methyl/N-ethyl adjacent to an activating group) is 1. The molecule has 1 saturated carbocycles. The summed E-state index contributed by atoms with van der Waals surface area (Å²) in [7, 11) is -1.70. The van der Waals surface area contributed by atoms with Crippen molar-refractivity contribution in [2.24, 2.45) is 11.8 Å². The lowest BCUT2D eigenvalue weighted by molar-refractivity contribution is -0.914. The maximum absolute atomic E-state index is 12.3. The molecule has 1 atom stereocenters. The molecular formula is C27H55NO4P+. The van der Waals surface area contributed by atoms with Crippen molar-refractivity contribution < 1.29 is 23.0 Å². The summed E-state index contributed by atoms with van der Waals surface area (Å²) in [5.41, 5.74) is 0. The van der Waals surface area contributed by atoms with Gasteiger partial charge in [-0.2, -0.15) is 0 Å². The van der Waals surface area contributed by atoms with Crippen LogP contribution in [0.1, 0.15) is 122 Å². The van der Waals surface area contributed by atoms with Crippen LogP contribution in [-0.4, -0.2) is 49.3 Å². The van der Waals surface area contributed by atoms with Gasteiger partial charge in [-0.25, -0.2) is 4.57 Å². The number of phosphoric acid groups is 1. The van der Waals surface area contributed by atoms with E-state index < -0.39 is 7.82 Å². The maximum Gasteiger partial charge on any atom is 0.472 e. The molecule has 0 amide bonds. The van der Waals surface area contributed by atoms with Crippen molar-refractivity contribution in [3.63, 3.8) is 0 Å². The summed E-state index contributed by atoms with van der Waals surface area (Å²) in [5.74, 6) is 1.26. The Hall–Kier alpha value is 0.0700. The van der Waals surface area contributed by atoms with E-state index in [1.165, 1.54) is 103 Å². The summed E-state index contributed by atoms with van der Waals surface area (Å²) in [6.45, 7) is 6.02. The molecule has 33 heavy (non-hydrogen) atoms. The lowest BCUT2D eigenvalue weighted by Crippen LogP contribution is -2.49. The standard InChI is InChI=1S/C27H54NO4P/c1-3-4-5-6-7-8-9-10-11-13-16-26-17-19-27(20-18-26)25-32-33(29,30)31-24-23-28(2)21-14-12-15-22-28/h26-27H,3-25H2,1-2H3/p+1. The average molecular weight is 489 g/mol. The van der Waals surface area contributed by atoms with Crippen LogP contribution in [0.5, 0.6) is 0 Å². The second kappa shape index (κ2) is 16.7. The fourth-order valence-corrected chi connectivity index (χ4v) is 6.51. The van der Waals surface area contributed by atoms with Gasteiger partial charge in [0.1, 0.15) is 13.2 Å². The predicted octanol–water partition coefficient (Wildman–Crippen LogP) is 7.87. The molecule has 2 fully saturated rings. The SMILES string of the molecule is CCCCCCCCCCCCC1CCC(COP(=O)(O)OCC[N+]2(C)CCCCC2)CC1. The Morgan fingerprint density at radius 3 is 1.94 bits per heavy atom. The summed E-state index contributed by atoms with van der Waals surface area (Å²) >= 11 is 0. The van der Waals surface area contributed by atoms with Gasteiger partial charge in [-0.15, -0.1) is 0 Å². The number of nitrogens with zero attached hydrogens (tertiary/aromatic N) is 1. The fraction of sp³-hybridized carbons (Fsp3) is 1.00. The summed E-state index contributed by atoms with van der Waals surface area (Å²) in [6.07, 6.45) is 23.9. The van der Waals surface area contributed by atoms with Gasteiger partial charge < -0.3 is 9.38 Å². The zero-order chi connectivity index (χ0) is 23.8. The van der Waals surface area contributed by atoms with Crippen LogP contribution in [0, 0.1) is 11.8 Å². The minimum atomic E-state index is -3.92. The van der Waals surface area contributed by atoms with Crippen molar-refractivity contribution in [2.75, 3.05) is 39.9 Å². The molecule has 0 aromatic rings. The van der Waals surface area contributed by atoms with E-state index in [9.17, 15) is 9.46 Å². The van der Waals surface area contributed by atoms with Crippen LogP contribution in [0.2, 0.25) is 0 Å². The summed E-state index contributed by atoms with van der Waals surface area (Å²) < 4.78 is 23.9. The van der Waals surface area contributed by atoms with Gasteiger partial charge in [0, 0.05) is 0 Å². The molecule has 1 unspecified atom stereocenters. The van der Waals surface area contributed by atoms with E-state index in [1.54, 1.807) is 0 Å². The molecule has 2 rings (SSSR count). The molecule has 0 aromatic heterocycles. The highest BCUT2D eigenvalue weighted by molar-refractivity contribution is 7.47. The number of phosphoric ester groups is 1. The third kappa shape index (κ3) is 13.7. The van der Waals surface area contributed by atoms with Crippen LogP contribution in [0.25, 0.3) is 0 Å². The van der Waals surface area contributed by atoms with Crippen LogP contribution in [-0.2, 0) is 13.6 Å². The molecule has 0 radical (unpaired) electrons. The molecule has 1 aliphatic carbocycles. The maximum atomic E-state index is 12.3. The molecule has 5 nitrogen and oxygen atoms in total. The molecule has 0 bridgehead atoms. The van der Waals surface area contributed by atoms with Gasteiger partial charge >= 0.3 is 7.82 Å². The minimum Gasteiger partial charge on any atom is -0.324 e. The smallest absolute Gasteiger partial charge is 0.324 e. The second-order valence-corrected chi connectivity index (χ2v) is 12.8. The molecule has 1 heterocycles. The fourth-order valence-electron chi connectivity index (χ4n) is 5.72. The molecule has 6 heteroatoms. The van der Waals surface area contributed by atoms with Gasteiger partial charge in [-0.1, -0.05) is 90.4 Å². The molecule has 196 valence electrons. The molecule has 0 aromatic carbocycles. The van der Waals surface area contributed by atoms with Crippen molar-refractivity contribution in [3.05, 3.63) is 0 Å². The highest BCUT2D eigenvalue weighted by Crippen LogP contribution is 2.45. The van der Waals surface area contributed by atoms with Gasteiger partial charge in [-0.3, -0.25) is 9.05 Å². The van der Waals surface area contributed by atoms with Gasteiger partial charge in [0.15, 0.2) is 0 Å². The molecular weight excluding hydrogens is 433 g/mol. The van der Waals surface area contributed by atoms with E-state index in [0.29, 0.717) is 19.1 Å². The quantitative estimate of drug-likeness (QED) is 0.121. The van der Waals surface area contributed by atoms with Gasteiger partial charge in [0.2, 0.25) is 0 Å². The molecule has 0 spiro atoms. The summed E-state index contributed by atoms with van der Waals surface area (Å²) in [6, 6.07) is 0. The first kappa shape index (κ1) is 29.3. The number of unbranched alkanes of at least 4 members (excludes halogenated alkanes) is 9. The number of piperidine rings is 1. The summed E-state index contributed by atoms with van der Waals surface area (Å²) in [4.78, 5) is 10.1. The molecule has 2 aliphatic rings. The van der Waals surface area contributed by atoms with Crippen LogP contribution in [0.4, 0.5) is 0 Å². The topological polar surface area (TPSA) is 55.8 Å². The zero-order valence-corrected chi connectivity index (χ0v) is 22.9. The van der Waals surface area contributed by atoms with Crippen LogP contribution in [0.3, 0.4) is 0 Å². The normalized spacial score (nSPS) is 25.1. The van der Waals surface area contributed by atoms with Crippen molar-refractivity contribution in [3.8, 4) is 0 Å². The number of rotatable bonds is 18. The first-order chi connectivity index (χ1) is 15.9. The lowest BCUT2D eigenvalue weighted by atomic mass is 9.80. The molecule has 1 aliphatic heterocycles. The average Bonchev–Trinajstić information content (AvgIpc) is 2.80. The number of quaternary nitrogens is 1. The zero-order valence-electron chi connectivity index (χ0n) is 22.0. The van der Waals surface area contributed by atoms with Crippen molar-refractivity contribution in [1.82, 2.24) is 0 Å². The number of hydrogen-bond acceptors (Lipinski definition) is 3. The highest BCUT2D eigenvalue weighted by Gasteiger charge is 2.29. The van der Waals surface area contributed by atoms with Gasteiger partial charge in [0.25, 0.3) is 0 Å². The van der Waals surface area contributed by atoms with Gasteiger partial charge in [-0.05, 0) is 43.9 Å². The van der Waals surface area contributed by atoms with Crippen molar-refractivity contribution in [1.29, 1.82) is 0 Å².